The molecular weight excluding hydrogens is 314 g/mol. The van der Waals surface area contributed by atoms with E-state index in [4.69, 9.17) is 16.7 Å². The van der Waals surface area contributed by atoms with Gasteiger partial charge in [0, 0.05) is 19.0 Å². The van der Waals surface area contributed by atoms with E-state index in [2.05, 4.69) is 4.98 Å². The minimum absolute atomic E-state index is 0.0881. The second-order valence-corrected chi connectivity index (χ2v) is 6.16. The summed E-state index contributed by atoms with van der Waals surface area (Å²) in [6.07, 6.45) is 2.94. The second kappa shape index (κ2) is 5.50. The van der Waals surface area contributed by atoms with Crippen molar-refractivity contribution in [2.75, 3.05) is 0 Å². The van der Waals surface area contributed by atoms with Crippen LogP contribution in [0.15, 0.2) is 18.3 Å². The molecule has 2 aromatic heterocycles. The number of halogens is 3. The predicted octanol–water partition coefficient (Wildman–Crippen LogP) is 4.05. The van der Waals surface area contributed by atoms with Crippen LogP contribution in [0.3, 0.4) is 0 Å². The van der Waals surface area contributed by atoms with Crippen LogP contribution in [-0.2, 0) is 6.42 Å². The number of alkyl halides is 2. The molecule has 2 aromatic rings. The fourth-order valence-electron chi connectivity index (χ4n) is 2.96. The van der Waals surface area contributed by atoms with Gasteiger partial charge in [0.05, 0.1) is 11.3 Å². The highest BCUT2D eigenvalue weighted by atomic mass is 35.5. The van der Waals surface area contributed by atoms with E-state index < -0.39 is 11.9 Å². The molecule has 0 aromatic carbocycles. The molecule has 0 spiro atoms. The summed E-state index contributed by atoms with van der Waals surface area (Å²) in [5.74, 6) is -3.43. The molecule has 1 saturated carbocycles. The van der Waals surface area contributed by atoms with Crippen molar-refractivity contribution in [1.82, 2.24) is 9.38 Å². The zero-order chi connectivity index (χ0) is 15.9. The summed E-state index contributed by atoms with van der Waals surface area (Å²) < 4.78 is 28.2. The van der Waals surface area contributed by atoms with Gasteiger partial charge in [-0.05, 0) is 37.3 Å². The summed E-state index contributed by atoms with van der Waals surface area (Å²) >= 11 is 6.15. The van der Waals surface area contributed by atoms with Gasteiger partial charge in [-0.2, -0.15) is 0 Å². The van der Waals surface area contributed by atoms with Crippen molar-refractivity contribution in [3.05, 3.63) is 34.7 Å². The normalized spacial score (nSPS) is 18.7. The number of hydrogen-bond acceptors (Lipinski definition) is 2. The molecule has 22 heavy (non-hydrogen) atoms. The van der Waals surface area contributed by atoms with E-state index in [1.807, 2.05) is 0 Å². The van der Waals surface area contributed by atoms with E-state index in [0.717, 1.165) is 5.69 Å². The smallest absolute Gasteiger partial charge is 0.335 e. The van der Waals surface area contributed by atoms with Crippen LogP contribution in [-0.4, -0.2) is 26.4 Å². The Hall–Kier alpha value is -1.69. The number of carbonyl (C=O) groups is 1. The number of carboxylic acid groups (broad SMARTS) is 1. The number of pyridine rings is 1. The minimum Gasteiger partial charge on any atom is -0.478 e. The number of rotatable bonds is 3. The van der Waals surface area contributed by atoms with Crippen molar-refractivity contribution in [2.45, 2.75) is 38.0 Å². The maximum atomic E-state index is 13.2. The number of aromatic nitrogens is 2. The van der Waals surface area contributed by atoms with Crippen molar-refractivity contribution >= 4 is 23.2 Å². The molecule has 0 unspecified atom stereocenters. The summed E-state index contributed by atoms with van der Waals surface area (Å²) in [5, 5.41) is 9.29. The molecule has 0 radical (unpaired) electrons. The van der Waals surface area contributed by atoms with Gasteiger partial charge in [-0.3, -0.25) is 0 Å². The molecule has 3 rings (SSSR count). The third kappa shape index (κ3) is 2.92. The zero-order valence-electron chi connectivity index (χ0n) is 11.7. The van der Waals surface area contributed by atoms with Crippen molar-refractivity contribution in [3.8, 4) is 0 Å². The number of fused-ring (bicyclic) bond motifs is 1. The molecule has 1 fully saturated rings. The lowest BCUT2D eigenvalue weighted by molar-refractivity contribution is -0.0457. The number of nitrogens with zero attached hydrogens (tertiary/aromatic N) is 2. The zero-order valence-corrected chi connectivity index (χ0v) is 12.5. The monoisotopic (exact) mass is 328 g/mol. The van der Waals surface area contributed by atoms with E-state index in [9.17, 15) is 13.6 Å². The molecular formula is C15H15ClF2N2O2. The van der Waals surface area contributed by atoms with Gasteiger partial charge in [0.2, 0.25) is 5.92 Å². The van der Waals surface area contributed by atoms with Crippen molar-refractivity contribution in [3.63, 3.8) is 0 Å². The third-order valence-electron chi connectivity index (χ3n) is 4.24. The van der Waals surface area contributed by atoms with Crippen LogP contribution in [0.4, 0.5) is 8.78 Å². The lowest BCUT2D eigenvalue weighted by atomic mass is 9.84. The quantitative estimate of drug-likeness (QED) is 0.924. The number of hydrogen-bond donors (Lipinski definition) is 1. The predicted molar refractivity (Wildman–Crippen MR) is 77.8 cm³/mol. The first-order valence-electron chi connectivity index (χ1n) is 7.13. The van der Waals surface area contributed by atoms with Crippen molar-refractivity contribution in [2.24, 2.45) is 5.92 Å². The highest BCUT2D eigenvalue weighted by Gasteiger charge is 2.35. The summed E-state index contributed by atoms with van der Waals surface area (Å²) in [6.45, 7) is 0. The standard InChI is InChI=1S/C15H15ClF2N2O2/c16-13-11(7-9-1-4-15(17,18)5-2-9)20-6-3-10(14(21)22)8-12(20)19-13/h3,6,8-9H,1-2,4-5,7H2,(H,21,22). The first kappa shape index (κ1) is 15.2. The fourth-order valence-corrected chi connectivity index (χ4v) is 3.21. The van der Waals surface area contributed by atoms with Crippen LogP contribution < -0.4 is 0 Å². The Kier molecular flexibility index (Phi) is 3.80. The Morgan fingerprint density at radius 3 is 2.77 bits per heavy atom. The molecule has 1 aliphatic rings. The number of imidazole rings is 1. The lowest BCUT2D eigenvalue weighted by Gasteiger charge is -2.28. The molecule has 0 bridgehead atoms. The van der Waals surface area contributed by atoms with Crippen LogP contribution in [0.2, 0.25) is 5.15 Å². The van der Waals surface area contributed by atoms with Gasteiger partial charge in [-0.15, -0.1) is 0 Å². The van der Waals surface area contributed by atoms with Gasteiger partial charge in [-0.1, -0.05) is 11.6 Å². The Labute approximate surface area is 130 Å². The summed E-state index contributed by atoms with van der Waals surface area (Å²) in [5.41, 5.74) is 1.35. The molecule has 1 aliphatic carbocycles. The number of carboxylic acids is 1. The molecule has 0 amide bonds. The Bertz CT molecular complexity index is 720. The van der Waals surface area contributed by atoms with Crippen LogP contribution in [0.5, 0.6) is 0 Å². The first-order valence-corrected chi connectivity index (χ1v) is 7.51. The van der Waals surface area contributed by atoms with Gasteiger partial charge < -0.3 is 9.51 Å². The molecule has 4 nitrogen and oxygen atoms in total. The Balaban J connectivity index is 1.85. The topological polar surface area (TPSA) is 54.6 Å². The van der Waals surface area contributed by atoms with E-state index in [1.54, 1.807) is 10.6 Å². The summed E-state index contributed by atoms with van der Waals surface area (Å²) in [6, 6.07) is 2.93. The Morgan fingerprint density at radius 2 is 2.14 bits per heavy atom. The van der Waals surface area contributed by atoms with Gasteiger partial charge in [0.15, 0.2) is 5.15 Å². The summed E-state index contributed by atoms with van der Waals surface area (Å²) in [7, 11) is 0. The molecule has 118 valence electrons. The Morgan fingerprint density at radius 1 is 1.45 bits per heavy atom. The maximum absolute atomic E-state index is 13.2. The molecule has 0 atom stereocenters. The minimum atomic E-state index is -2.55. The average molecular weight is 329 g/mol. The molecule has 7 heteroatoms. The maximum Gasteiger partial charge on any atom is 0.335 e. The largest absolute Gasteiger partial charge is 0.478 e. The van der Waals surface area contributed by atoms with E-state index in [1.165, 1.54) is 12.1 Å². The highest BCUT2D eigenvalue weighted by Crippen LogP contribution is 2.38. The van der Waals surface area contributed by atoms with Gasteiger partial charge >= 0.3 is 5.97 Å². The molecule has 1 N–H and O–H groups in total. The van der Waals surface area contributed by atoms with Crippen LogP contribution in [0, 0.1) is 5.92 Å². The number of aromatic carboxylic acids is 1. The van der Waals surface area contributed by atoms with E-state index in [0.29, 0.717) is 30.1 Å². The van der Waals surface area contributed by atoms with Crippen molar-refractivity contribution in [1.29, 1.82) is 0 Å². The average Bonchev–Trinajstić information content (AvgIpc) is 2.76. The highest BCUT2D eigenvalue weighted by molar-refractivity contribution is 6.30. The van der Waals surface area contributed by atoms with Gasteiger partial charge in [0.25, 0.3) is 0 Å². The molecule has 0 saturated heterocycles. The van der Waals surface area contributed by atoms with Gasteiger partial charge in [-0.25, -0.2) is 18.6 Å². The van der Waals surface area contributed by atoms with Crippen LogP contribution in [0.25, 0.3) is 5.65 Å². The SMILES string of the molecule is O=C(O)c1ccn2c(CC3CCC(F)(F)CC3)c(Cl)nc2c1. The fraction of sp³-hybridized carbons (Fsp3) is 0.467. The third-order valence-corrected chi connectivity index (χ3v) is 4.54. The second-order valence-electron chi connectivity index (χ2n) is 5.80. The van der Waals surface area contributed by atoms with E-state index in [-0.39, 0.29) is 24.3 Å². The van der Waals surface area contributed by atoms with Gasteiger partial charge in [0.1, 0.15) is 5.65 Å². The van der Waals surface area contributed by atoms with Crippen LogP contribution >= 0.6 is 11.6 Å². The first-order chi connectivity index (χ1) is 10.4. The summed E-state index contributed by atoms with van der Waals surface area (Å²) in [4.78, 5) is 15.1. The van der Waals surface area contributed by atoms with E-state index >= 15 is 0 Å². The van der Waals surface area contributed by atoms with Crippen molar-refractivity contribution < 1.29 is 18.7 Å². The lowest BCUT2D eigenvalue weighted by Crippen LogP contribution is -2.25. The van der Waals surface area contributed by atoms with Crippen LogP contribution in [0.1, 0.15) is 41.7 Å². The molecule has 0 aliphatic heterocycles. The molecule has 2 heterocycles.